The largest absolute Gasteiger partial charge is 0.491 e. The Morgan fingerprint density at radius 3 is 2.31 bits per heavy atom. The molecule has 0 unspecified atom stereocenters. The summed E-state index contributed by atoms with van der Waals surface area (Å²) in [4.78, 5) is 44.6. The molecule has 1 aromatic heterocycles. The molecule has 2 heterocycles. The number of piperidine rings is 1. The van der Waals surface area contributed by atoms with Crippen LogP contribution in [0.2, 0.25) is 0 Å². The van der Waals surface area contributed by atoms with Crippen molar-refractivity contribution in [2.24, 2.45) is 13.0 Å². The summed E-state index contributed by atoms with van der Waals surface area (Å²) < 4.78 is 34.7. The zero-order valence-electron chi connectivity index (χ0n) is 29.6. The van der Waals surface area contributed by atoms with Crippen LogP contribution < -0.4 is 15.0 Å². The molecule has 2 atom stereocenters. The number of benzene rings is 1. The highest BCUT2D eigenvalue weighted by Gasteiger charge is 2.44. The molecule has 0 radical (unpaired) electrons. The van der Waals surface area contributed by atoms with Crippen molar-refractivity contribution in [1.29, 1.82) is 0 Å². The first-order valence-electron chi connectivity index (χ1n) is 16.8. The number of hydrogen-bond acceptors (Lipinski definition) is 9. The van der Waals surface area contributed by atoms with E-state index in [0.29, 0.717) is 50.6 Å². The van der Waals surface area contributed by atoms with Gasteiger partial charge >= 0.3 is 6.09 Å². The molecular formula is C36H53N3O9. The van der Waals surface area contributed by atoms with E-state index in [-0.39, 0.29) is 36.8 Å². The van der Waals surface area contributed by atoms with Crippen molar-refractivity contribution in [2.75, 3.05) is 61.0 Å². The lowest BCUT2D eigenvalue weighted by Gasteiger charge is -2.41. The first-order valence-corrected chi connectivity index (χ1v) is 16.8. The van der Waals surface area contributed by atoms with Crippen LogP contribution >= 0.6 is 0 Å². The Labute approximate surface area is 284 Å². The van der Waals surface area contributed by atoms with Gasteiger partial charge in [0.05, 0.1) is 12.5 Å². The summed E-state index contributed by atoms with van der Waals surface area (Å²) >= 11 is 0. The highest BCUT2D eigenvalue weighted by Crippen LogP contribution is 2.41. The van der Waals surface area contributed by atoms with Gasteiger partial charge in [-0.1, -0.05) is 6.07 Å². The lowest BCUT2D eigenvalue weighted by atomic mass is 9.79. The van der Waals surface area contributed by atoms with Crippen molar-refractivity contribution in [3.8, 4) is 11.5 Å². The highest BCUT2D eigenvalue weighted by molar-refractivity contribution is 5.82. The number of aromatic nitrogens is 1. The number of ether oxygens (including phenoxy) is 6. The van der Waals surface area contributed by atoms with Crippen LogP contribution in [0.4, 0.5) is 4.79 Å². The summed E-state index contributed by atoms with van der Waals surface area (Å²) in [6.45, 7) is 7.91. The number of carbonyl (C=O) groups is 2. The number of nitrogens with zero attached hydrogens (tertiary/aromatic N) is 3. The van der Waals surface area contributed by atoms with Crippen molar-refractivity contribution in [3.63, 3.8) is 0 Å². The van der Waals surface area contributed by atoms with Gasteiger partial charge in [0.2, 0.25) is 5.91 Å². The molecule has 2 aromatic rings. The lowest BCUT2D eigenvalue weighted by molar-refractivity contribution is -0.139. The maximum absolute atomic E-state index is 14.8. The molecule has 0 bridgehead atoms. The number of carbonyl (C=O) groups excluding carboxylic acids is 2. The quantitative estimate of drug-likeness (QED) is 0.188. The van der Waals surface area contributed by atoms with Crippen LogP contribution in [0, 0.1) is 5.92 Å². The molecule has 1 saturated carbocycles. The fourth-order valence-electron chi connectivity index (χ4n) is 6.11. The van der Waals surface area contributed by atoms with E-state index in [1.165, 1.54) is 11.7 Å². The van der Waals surface area contributed by atoms with Gasteiger partial charge in [-0.25, -0.2) is 4.79 Å². The van der Waals surface area contributed by atoms with E-state index < -0.39 is 17.6 Å². The normalized spacial score (nSPS) is 18.0. The Balaban J connectivity index is 1.69. The molecule has 12 heteroatoms. The topological polar surface area (TPSA) is 118 Å². The summed E-state index contributed by atoms with van der Waals surface area (Å²) in [6.07, 6.45) is 5.10. The molecule has 266 valence electrons. The summed E-state index contributed by atoms with van der Waals surface area (Å²) in [5.41, 5.74) is 1.82. The second-order valence-electron chi connectivity index (χ2n) is 13.6. The lowest BCUT2D eigenvalue weighted by Crippen LogP contribution is -2.51. The molecule has 1 saturated heterocycles. The Morgan fingerprint density at radius 1 is 0.917 bits per heavy atom. The maximum Gasteiger partial charge on any atom is 0.410 e. The van der Waals surface area contributed by atoms with E-state index in [4.69, 9.17) is 28.4 Å². The second kappa shape index (κ2) is 17.2. The Morgan fingerprint density at radius 2 is 1.65 bits per heavy atom. The molecule has 2 amide bonds. The van der Waals surface area contributed by atoms with Crippen molar-refractivity contribution in [3.05, 3.63) is 57.5 Å². The average Bonchev–Trinajstić information content (AvgIpc) is 3.88. The molecule has 1 aromatic carbocycles. The van der Waals surface area contributed by atoms with Crippen LogP contribution in [-0.2, 0) is 43.8 Å². The highest BCUT2D eigenvalue weighted by atomic mass is 16.7. The molecule has 4 rings (SSSR count). The van der Waals surface area contributed by atoms with Crippen LogP contribution in [0.1, 0.15) is 69.1 Å². The molecule has 12 nitrogen and oxygen atoms in total. The van der Waals surface area contributed by atoms with Gasteiger partial charge < -0.3 is 42.8 Å². The third-order valence-electron chi connectivity index (χ3n) is 8.56. The number of hydrogen-bond donors (Lipinski definition) is 0. The summed E-state index contributed by atoms with van der Waals surface area (Å²) in [5, 5.41) is 0. The predicted molar refractivity (Wildman–Crippen MR) is 180 cm³/mol. The third-order valence-corrected chi connectivity index (χ3v) is 8.56. The molecule has 0 spiro atoms. The minimum Gasteiger partial charge on any atom is -0.491 e. The number of aryl methyl sites for hydroxylation is 2. The molecule has 48 heavy (non-hydrogen) atoms. The van der Waals surface area contributed by atoms with Crippen LogP contribution in [0.3, 0.4) is 0 Å². The first kappa shape index (κ1) is 37.2. The SMILES string of the molecule is COCCCc1cc(CN(C(=O)[C@@H]2CN(C(=O)OC(C)(C)C)CC[C@H]2c2cc(=O)n(C)cc2OCOC)C2CC2)cc(OCCOC)c1. The zero-order chi connectivity index (χ0) is 34.8. The van der Waals surface area contributed by atoms with Crippen LogP contribution in [0.15, 0.2) is 35.3 Å². The first-order chi connectivity index (χ1) is 22.9. The number of methoxy groups -OCH3 is 3. The van der Waals surface area contributed by atoms with Gasteiger partial charge in [-0.15, -0.1) is 0 Å². The van der Waals surface area contributed by atoms with Crippen LogP contribution in [0.5, 0.6) is 11.5 Å². The number of amides is 2. The summed E-state index contributed by atoms with van der Waals surface area (Å²) in [5.74, 6) is 0.136. The Kier molecular flexibility index (Phi) is 13.3. The van der Waals surface area contributed by atoms with Crippen LogP contribution in [0.25, 0.3) is 0 Å². The van der Waals surface area contributed by atoms with E-state index in [2.05, 4.69) is 6.07 Å². The van der Waals surface area contributed by atoms with Gasteiger partial charge in [-0.05, 0) is 76.1 Å². The van der Waals surface area contributed by atoms with E-state index in [1.807, 2.05) is 37.8 Å². The van der Waals surface area contributed by atoms with Gasteiger partial charge in [0.15, 0.2) is 6.79 Å². The molecule has 1 aliphatic heterocycles. The molecular weight excluding hydrogens is 618 g/mol. The van der Waals surface area contributed by atoms with Gasteiger partial charge in [-0.2, -0.15) is 0 Å². The predicted octanol–water partition coefficient (Wildman–Crippen LogP) is 4.50. The molecule has 0 N–H and O–H groups in total. The minimum absolute atomic E-state index is 0.00965. The van der Waals surface area contributed by atoms with Gasteiger partial charge in [0.25, 0.3) is 5.56 Å². The van der Waals surface area contributed by atoms with Gasteiger partial charge in [-0.3, -0.25) is 9.59 Å². The van der Waals surface area contributed by atoms with E-state index in [0.717, 1.165) is 42.6 Å². The fourth-order valence-corrected chi connectivity index (χ4v) is 6.11. The van der Waals surface area contributed by atoms with E-state index in [9.17, 15) is 14.4 Å². The number of likely N-dealkylation sites (tertiary alicyclic amines) is 1. The van der Waals surface area contributed by atoms with Crippen LogP contribution in [-0.4, -0.2) is 99.0 Å². The van der Waals surface area contributed by atoms with Crippen molar-refractivity contribution in [1.82, 2.24) is 14.4 Å². The number of pyridine rings is 1. The van der Waals surface area contributed by atoms with Crippen molar-refractivity contribution >= 4 is 12.0 Å². The van der Waals surface area contributed by atoms with Crippen molar-refractivity contribution < 1.29 is 38.0 Å². The molecule has 1 aliphatic carbocycles. The second-order valence-corrected chi connectivity index (χ2v) is 13.6. The average molecular weight is 672 g/mol. The number of rotatable bonds is 16. The molecule has 2 fully saturated rings. The van der Waals surface area contributed by atoms with E-state index in [1.54, 1.807) is 38.4 Å². The Hall–Kier alpha value is -3.61. The van der Waals surface area contributed by atoms with Gasteiger partial charge in [0, 0.05) is 84.4 Å². The minimum atomic E-state index is -0.683. The van der Waals surface area contributed by atoms with E-state index >= 15 is 0 Å². The monoisotopic (exact) mass is 671 g/mol. The summed E-state index contributed by atoms with van der Waals surface area (Å²) in [7, 11) is 6.52. The fraction of sp³-hybridized carbons (Fsp3) is 0.639. The maximum atomic E-state index is 14.8. The third kappa shape index (κ3) is 10.4. The van der Waals surface area contributed by atoms with Crippen molar-refractivity contribution in [2.45, 2.75) is 77.0 Å². The standard InChI is InChI=1S/C36H53N3O9/c1-36(2,3)48-35(42)38-13-12-29(30-20-33(40)37(4)23-32(30)47-24-45-7)31(22-38)34(41)39(27-10-11-27)21-26-17-25(9-8-14-43-5)18-28(19-26)46-16-15-44-6/h17-20,23,27,29,31H,8-16,21-22,24H2,1-7H3/t29-,31+/m0/s1. The Bertz CT molecular complexity index is 1400. The van der Waals surface area contributed by atoms with Gasteiger partial charge in [0.1, 0.15) is 23.7 Å². The zero-order valence-corrected chi connectivity index (χ0v) is 29.6. The summed E-state index contributed by atoms with van der Waals surface area (Å²) in [6, 6.07) is 7.78. The molecule has 2 aliphatic rings. The smallest absolute Gasteiger partial charge is 0.410 e.